The van der Waals surface area contributed by atoms with Crippen LogP contribution in [0.2, 0.25) is 0 Å². The number of Topliss-reactive ketones (excluding diaryl/α,β-unsaturated/α-hetero) is 1. The summed E-state index contributed by atoms with van der Waals surface area (Å²) in [4.78, 5) is 68.2. The number of aryl methyl sites for hydroxylation is 1. The topological polar surface area (TPSA) is 138 Å². The summed E-state index contributed by atoms with van der Waals surface area (Å²) in [7, 11) is 1.55. The highest BCUT2D eigenvalue weighted by molar-refractivity contribution is 6.00. The van der Waals surface area contributed by atoms with Crippen LogP contribution in [0.4, 0.5) is 5.69 Å². The van der Waals surface area contributed by atoms with Crippen molar-refractivity contribution in [1.29, 1.82) is 0 Å². The van der Waals surface area contributed by atoms with E-state index in [1.807, 2.05) is 38.1 Å². The van der Waals surface area contributed by atoms with Crippen LogP contribution in [0.1, 0.15) is 104 Å². The van der Waals surface area contributed by atoms with E-state index in [0.717, 1.165) is 24.1 Å². The third-order valence-electron chi connectivity index (χ3n) is 9.04. The quantitative estimate of drug-likeness (QED) is 0.125. The number of methoxy groups -OCH3 is 1. The average Bonchev–Trinajstić information content (AvgIpc) is 3.44. The fourth-order valence-electron chi connectivity index (χ4n) is 6.87. The number of carbonyl (C=O) groups excluding carboxylic acids is 5. The molecule has 268 valence electrons. The second-order valence-electron chi connectivity index (χ2n) is 14.5. The van der Waals surface area contributed by atoms with Gasteiger partial charge in [-0.05, 0) is 91.2 Å². The summed E-state index contributed by atoms with van der Waals surface area (Å²) in [6.45, 7) is 9.28. The Bertz CT molecular complexity index is 1250. The first kappa shape index (κ1) is 39.1. The van der Waals surface area contributed by atoms with Crippen molar-refractivity contribution in [2.24, 2.45) is 17.3 Å². The van der Waals surface area contributed by atoms with Crippen molar-refractivity contribution in [3.05, 3.63) is 29.8 Å². The van der Waals surface area contributed by atoms with Gasteiger partial charge in [-0.3, -0.25) is 24.0 Å². The lowest BCUT2D eigenvalue weighted by atomic mass is 9.72. The number of fused-ring (bicyclic) bond motifs is 1. The van der Waals surface area contributed by atoms with E-state index in [0.29, 0.717) is 45.1 Å². The molecule has 1 aromatic rings. The molecule has 0 aromatic heterocycles. The maximum atomic E-state index is 14.0. The lowest BCUT2D eigenvalue weighted by Crippen LogP contribution is -2.41. The second-order valence-corrected chi connectivity index (χ2v) is 14.5. The molecule has 1 saturated carbocycles. The molecule has 2 unspecified atom stereocenters. The number of rotatable bonds is 18. The van der Waals surface area contributed by atoms with Gasteiger partial charge in [0.05, 0.1) is 19.1 Å². The Hall–Kier alpha value is -3.31. The zero-order valence-corrected chi connectivity index (χ0v) is 29.8. The molecular formula is C37H56N2O9. The molecule has 2 amide bonds. The number of ketones is 1. The van der Waals surface area contributed by atoms with Gasteiger partial charge >= 0.3 is 11.9 Å². The van der Waals surface area contributed by atoms with Gasteiger partial charge in [0.15, 0.2) is 6.79 Å². The lowest BCUT2D eigenvalue weighted by Gasteiger charge is -2.31. The van der Waals surface area contributed by atoms with Crippen LogP contribution in [0.5, 0.6) is 0 Å². The van der Waals surface area contributed by atoms with Gasteiger partial charge in [0.1, 0.15) is 17.9 Å². The Morgan fingerprint density at radius 3 is 2.44 bits per heavy atom. The third kappa shape index (κ3) is 12.0. The number of esters is 2. The van der Waals surface area contributed by atoms with Crippen molar-refractivity contribution in [2.45, 2.75) is 117 Å². The van der Waals surface area contributed by atoms with E-state index >= 15 is 0 Å². The van der Waals surface area contributed by atoms with Crippen LogP contribution < -0.4 is 10.2 Å². The maximum Gasteiger partial charge on any atom is 0.326 e. The van der Waals surface area contributed by atoms with Crippen LogP contribution in [0, 0.1) is 17.3 Å². The summed E-state index contributed by atoms with van der Waals surface area (Å²) in [6, 6.07) is 7.54. The van der Waals surface area contributed by atoms with Gasteiger partial charge < -0.3 is 29.2 Å². The van der Waals surface area contributed by atoms with Gasteiger partial charge in [-0.15, -0.1) is 0 Å². The largest absolute Gasteiger partial charge is 0.459 e. The van der Waals surface area contributed by atoms with E-state index in [2.05, 4.69) is 5.32 Å². The van der Waals surface area contributed by atoms with E-state index in [9.17, 15) is 24.0 Å². The highest BCUT2D eigenvalue weighted by atomic mass is 16.7. The molecule has 0 bridgehead atoms. The smallest absolute Gasteiger partial charge is 0.326 e. The van der Waals surface area contributed by atoms with Gasteiger partial charge in [0.25, 0.3) is 0 Å². The van der Waals surface area contributed by atoms with E-state index in [1.165, 1.54) is 0 Å². The molecule has 1 fully saturated rings. The Morgan fingerprint density at radius 1 is 1.06 bits per heavy atom. The van der Waals surface area contributed by atoms with Crippen LogP contribution in [0.15, 0.2) is 24.3 Å². The molecule has 1 heterocycles. The monoisotopic (exact) mass is 672 g/mol. The second kappa shape index (κ2) is 18.5. The minimum atomic E-state index is -0.792. The van der Waals surface area contributed by atoms with E-state index in [1.54, 1.807) is 32.8 Å². The maximum absolute atomic E-state index is 14.0. The summed E-state index contributed by atoms with van der Waals surface area (Å²) in [5.41, 5.74) is 0.320. The van der Waals surface area contributed by atoms with Gasteiger partial charge in [0, 0.05) is 43.0 Å². The molecule has 11 heteroatoms. The molecule has 0 saturated heterocycles. The van der Waals surface area contributed by atoms with Crippen LogP contribution in [0.25, 0.3) is 0 Å². The normalized spacial score (nSPS) is 18.2. The number of amides is 2. The molecule has 1 N–H and O–H groups in total. The van der Waals surface area contributed by atoms with E-state index in [4.69, 9.17) is 18.9 Å². The highest BCUT2D eigenvalue weighted by Gasteiger charge is 2.44. The molecule has 3 rings (SSSR count). The number of para-hydroxylation sites is 1. The van der Waals surface area contributed by atoms with Crippen LogP contribution >= 0.6 is 0 Å². The van der Waals surface area contributed by atoms with Gasteiger partial charge in [-0.25, -0.2) is 0 Å². The van der Waals surface area contributed by atoms with Crippen molar-refractivity contribution < 1.29 is 42.9 Å². The first-order valence-corrected chi connectivity index (χ1v) is 17.4. The number of benzene rings is 1. The molecule has 1 aliphatic carbocycles. The molecule has 0 radical (unpaired) electrons. The Kier molecular flexibility index (Phi) is 15.0. The standard InChI is InChI=1S/C37H56N2O9/c1-26(2)38-32(41)22-29(35(44)47-25-46-21-20-45-6)23-37(18-9-10-19-37)31(40)15-11-13-28-17-16-27-12-7-8-14-30(27)39(34(28)43)24-33(42)48-36(3,4)5/h7-8,12,14,26,28-29H,9-11,13,15-25H2,1-6H3,(H,38,41). The van der Waals surface area contributed by atoms with Crippen molar-refractivity contribution in [3.8, 4) is 0 Å². The van der Waals surface area contributed by atoms with Crippen LogP contribution in [-0.4, -0.2) is 74.8 Å². The average molecular weight is 673 g/mol. The Labute approximate surface area is 285 Å². The Morgan fingerprint density at radius 2 is 1.77 bits per heavy atom. The number of anilines is 1. The van der Waals surface area contributed by atoms with Crippen molar-refractivity contribution in [1.82, 2.24) is 5.32 Å². The van der Waals surface area contributed by atoms with Gasteiger partial charge in [0.2, 0.25) is 11.8 Å². The Balaban J connectivity index is 1.69. The predicted molar refractivity (Wildman–Crippen MR) is 181 cm³/mol. The summed E-state index contributed by atoms with van der Waals surface area (Å²) in [6.07, 6.45) is 5.76. The molecule has 2 atom stereocenters. The number of carbonyl (C=O) groups is 5. The molecule has 2 aliphatic rings. The van der Waals surface area contributed by atoms with Gasteiger partial charge in [-0.1, -0.05) is 31.0 Å². The van der Waals surface area contributed by atoms with Crippen molar-refractivity contribution in [3.63, 3.8) is 0 Å². The van der Waals surface area contributed by atoms with E-state index < -0.39 is 28.9 Å². The minimum absolute atomic E-state index is 0.0633. The fourth-order valence-corrected chi connectivity index (χ4v) is 6.87. The SMILES string of the molecule is COCCOCOC(=O)C(CC(=O)NC(C)C)CC1(C(=O)CCCC2CCc3ccccc3N(CC(=O)OC(C)(C)C)C2=O)CCCC1. The van der Waals surface area contributed by atoms with Crippen LogP contribution in [-0.2, 0) is 49.3 Å². The minimum Gasteiger partial charge on any atom is -0.459 e. The number of hydrogen-bond donors (Lipinski definition) is 1. The van der Waals surface area contributed by atoms with E-state index in [-0.39, 0.29) is 68.8 Å². The summed E-state index contributed by atoms with van der Waals surface area (Å²) in [5, 5.41) is 2.85. The molecule has 11 nitrogen and oxygen atoms in total. The highest BCUT2D eigenvalue weighted by Crippen LogP contribution is 2.46. The third-order valence-corrected chi connectivity index (χ3v) is 9.04. The molecule has 48 heavy (non-hydrogen) atoms. The van der Waals surface area contributed by atoms with Gasteiger partial charge in [-0.2, -0.15) is 0 Å². The molecule has 0 spiro atoms. The first-order valence-electron chi connectivity index (χ1n) is 17.4. The summed E-state index contributed by atoms with van der Waals surface area (Å²) >= 11 is 0. The van der Waals surface area contributed by atoms with Crippen LogP contribution in [0.3, 0.4) is 0 Å². The van der Waals surface area contributed by atoms with Crippen molar-refractivity contribution in [2.75, 3.05) is 38.6 Å². The summed E-state index contributed by atoms with van der Waals surface area (Å²) in [5.74, 6) is -2.51. The number of nitrogens with zero attached hydrogens (tertiary/aromatic N) is 1. The first-order chi connectivity index (χ1) is 22.7. The summed E-state index contributed by atoms with van der Waals surface area (Å²) < 4.78 is 21.2. The molecule has 1 aliphatic heterocycles. The zero-order chi connectivity index (χ0) is 35.3. The molecular weight excluding hydrogens is 616 g/mol. The number of hydrogen-bond acceptors (Lipinski definition) is 9. The van der Waals surface area contributed by atoms with Crippen molar-refractivity contribution >= 4 is 35.2 Å². The predicted octanol–water partition coefficient (Wildman–Crippen LogP) is 5.31. The number of ether oxygens (including phenoxy) is 4. The lowest BCUT2D eigenvalue weighted by molar-refractivity contribution is -0.165. The molecule has 1 aromatic carbocycles. The fraction of sp³-hybridized carbons (Fsp3) is 0.703. The zero-order valence-electron chi connectivity index (χ0n) is 29.8. The number of nitrogens with one attached hydrogen (secondary N) is 1.